The van der Waals surface area contributed by atoms with Gasteiger partial charge in [0.15, 0.2) is 5.43 Å². The van der Waals surface area contributed by atoms with Crippen LogP contribution in [0.3, 0.4) is 0 Å². The SMILES string of the molecule is CC.Cc1cc(C(C)O)c2oc(N3CCC(F)(F)CC3)c(C)c(=O)c2c1. The molecule has 0 aliphatic carbocycles. The highest BCUT2D eigenvalue weighted by Gasteiger charge is 2.35. The van der Waals surface area contributed by atoms with Crippen LogP contribution in [-0.2, 0) is 0 Å². The van der Waals surface area contributed by atoms with Crippen LogP contribution in [0, 0.1) is 13.8 Å². The van der Waals surface area contributed by atoms with Crippen LogP contribution in [0.25, 0.3) is 11.0 Å². The predicted octanol–water partition coefficient (Wildman–Crippen LogP) is 4.72. The molecule has 26 heavy (non-hydrogen) atoms. The summed E-state index contributed by atoms with van der Waals surface area (Å²) in [6.07, 6.45) is -1.31. The van der Waals surface area contributed by atoms with Crippen molar-refractivity contribution in [3.05, 3.63) is 39.0 Å². The summed E-state index contributed by atoms with van der Waals surface area (Å²) in [7, 11) is 0. The largest absolute Gasteiger partial charge is 0.440 e. The first-order valence-corrected chi connectivity index (χ1v) is 9.08. The molecule has 0 saturated carbocycles. The summed E-state index contributed by atoms with van der Waals surface area (Å²) in [5, 5.41) is 10.4. The number of alkyl halides is 2. The zero-order valence-electron chi connectivity index (χ0n) is 16.0. The lowest BCUT2D eigenvalue weighted by molar-refractivity contribution is -0.0225. The maximum atomic E-state index is 13.4. The molecule has 2 heterocycles. The van der Waals surface area contributed by atoms with Gasteiger partial charge in [0, 0.05) is 31.5 Å². The number of halogens is 2. The van der Waals surface area contributed by atoms with Crippen molar-refractivity contribution in [3.8, 4) is 0 Å². The van der Waals surface area contributed by atoms with E-state index in [-0.39, 0.29) is 31.4 Å². The third-order valence-electron chi connectivity index (χ3n) is 4.60. The Morgan fingerprint density at radius 2 is 1.77 bits per heavy atom. The number of aliphatic hydroxyl groups is 1. The predicted molar refractivity (Wildman–Crippen MR) is 100 cm³/mol. The van der Waals surface area contributed by atoms with Gasteiger partial charge in [-0.15, -0.1) is 0 Å². The fourth-order valence-corrected chi connectivity index (χ4v) is 3.21. The van der Waals surface area contributed by atoms with Gasteiger partial charge in [-0.05, 0) is 38.5 Å². The molecule has 6 heteroatoms. The lowest BCUT2D eigenvalue weighted by atomic mass is 10.0. The lowest BCUT2D eigenvalue weighted by Crippen LogP contribution is -2.40. The summed E-state index contributed by atoms with van der Waals surface area (Å²) in [6, 6.07) is 3.51. The van der Waals surface area contributed by atoms with Crippen LogP contribution in [-0.4, -0.2) is 24.1 Å². The standard InChI is InChI=1S/C18H21F2NO3.C2H6/c1-10-8-13(12(3)22)16-14(9-10)15(23)11(2)17(24-16)21-6-4-18(19,20)5-7-21;1-2/h8-9,12,22H,4-7H2,1-3H3;1-2H3. The normalized spacial score (nSPS) is 17.6. The highest BCUT2D eigenvalue weighted by molar-refractivity contribution is 5.83. The third kappa shape index (κ3) is 3.90. The van der Waals surface area contributed by atoms with Crippen LogP contribution in [0.15, 0.2) is 21.3 Å². The number of benzene rings is 1. The highest BCUT2D eigenvalue weighted by atomic mass is 19.3. The molecule has 1 aromatic carbocycles. The first-order valence-electron chi connectivity index (χ1n) is 9.08. The Morgan fingerprint density at radius 1 is 1.19 bits per heavy atom. The molecule has 0 amide bonds. The zero-order chi connectivity index (χ0) is 19.6. The van der Waals surface area contributed by atoms with E-state index in [2.05, 4.69) is 0 Å². The molecular formula is C20H27F2NO3. The number of anilines is 1. The van der Waals surface area contributed by atoms with Crippen molar-refractivity contribution in [2.75, 3.05) is 18.0 Å². The van der Waals surface area contributed by atoms with E-state index >= 15 is 0 Å². The summed E-state index contributed by atoms with van der Waals surface area (Å²) in [6.45, 7) is 9.38. The number of aliphatic hydroxyl groups excluding tert-OH is 1. The number of fused-ring (bicyclic) bond motifs is 1. The summed E-state index contributed by atoms with van der Waals surface area (Å²) in [5.41, 5.74) is 1.95. The molecule has 1 aromatic heterocycles. The monoisotopic (exact) mass is 367 g/mol. The van der Waals surface area contributed by atoms with Gasteiger partial charge in [0.05, 0.1) is 17.1 Å². The summed E-state index contributed by atoms with van der Waals surface area (Å²) < 4.78 is 32.7. The van der Waals surface area contributed by atoms with Crippen LogP contribution in [0.2, 0.25) is 0 Å². The van der Waals surface area contributed by atoms with Gasteiger partial charge in [0.2, 0.25) is 5.88 Å². The lowest BCUT2D eigenvalue weighted by Gasteiger charge is -2.33. The van der Waals surface area contributed by atoms with Gasteiger partial charge in [0.25, 0.3) is 5.92 Å². The van der Waals surface area contributed by atoms with E-state index in [0.29, 0.717) is 28.0 Å². The fraction of sp³-hybridized carbons (Fsp3) is 0.550. The van der Waals surface area contributed by atoms with Gasteiger partial charge in [-0.2, -0.15) is 0 Å². The molecule has 1 atom stereocenters. The summed E-state index contributed by atoms with van der Waals surface area (Å²) >= 11 is 0. The van der Waals surface area contributed by atoms with E-state index in [1.807, 2.05) is 20.8 Å². The smallest absolute Gasteiger partial charge is 0.251 e. The quantitative estimate of drug-likeness (QED) is 0.834. The summed E-state index contributed by atoms with van der Waals surface area (Å²) in [4.78, 5) is 14.4. The Hall–Kier alpha value is -1.95. The fourth-order valence-electron chi connectivity index (χ4n) is 3.21. The van der Waals surface area contributed by atoms with E-state index in [4.69, 9.17) is 4.42 Å². The van der Waals surface area contributed by atoms with Crippen LogP contribution in [0.1, 0.15) is 56.4 Å². The topological polar surface area (TPSA) is 53.7 Å². The van der Waals surface area contributed by atoms with Gasteiger partial charge in [-0.25, -0.2) is 8.78 Å². The minimum absolute atomic E-state index is 0.137. The van der Waals surface area contributed by atoms with E-state index < -0.39 is 12.0 Å². The maximum absolute atomic E-state index is 13.4. The molecule has 144 valence electrons. The van der Waals surface area contributed by atoms with Crippen LogP contribution >= 0.6 is 0 Å². The van der Waals surface area contributed by atoms with E-state index in [0.717, 1.165) is 5.56 Å². The third-order valence-corrected chi connectivity index (χ3v) is 4.60. The molecular weight excluding hydrogens is 340 g/mol. The molecule has 0 radical (unpaired) electrons. The molecule has 3 rings (SSSR count). The number of hydrogen-bond donors (Lipinski definition) is 1. The number of rotatable bonds is 2. The number of piperidine rings is 1. The number of nitrogens with zero attached hydrogens (tertiary/aromatic N) is 1. The molecule has 0 spiro atoms. The second kappa shape index (κ2) is 7.74. The number of aryl methyl sites for hydroxylation is 1. The molecule has 0 bridgehead atoms. The Bertz CT molecular complexity index is 833. The van der Waals surface area contributed by atoms with Crippen molar-refractivity contribution in [2.45, 2.75) is 59.5 Å². The average Bonchev–Trinajstić information content (AvgIpc) is 2.60. The maximum Gasteiger partial charge on any atom is 0.251 e. The van der Waals surface area contributed by atoms with Crippen LogP contribution in [0.4, 0.5) is 14.7 Å². The minimum Gasteiger partial charge on any atom is -0.440 e. The summed E-state index contributed by atoms with van der Waals surface area (Å²) in [5.74, 6) is -2.34. The van der Waals surface area contributed by atoms with E-state index in [1.165, 1.54) is 0 Å². The van der Waals surface area contributed by atoms with Crippen molar-refractivity contribution in [2.24, 2.45) is 0 Å². The second-order valence-corrected chi connectivity index (χ2v) is 6.61. The zero-order valence-corrected chi connectivity index (χ0v) is 16.0. The van der Waals surface area contributed by atoms with Crippen molar-refractivity contribution >= 4 is 16.9 Å². The van der Waals surface area contributed by atoms with Gasteiger partial charge in [-0.1, -0.05) is 13.8 Å². The molecule has 2 aromatic rings. The Balaban J connectivity index is 0.00000117. The Labute approximate surface area is 152 Å². The van der Waals surface area contributed by atoms with Crippen molar-refractivity contribution < 1.29 is 18.3 Å². The Morgan fingerprint density at radius 3 is 2.31 bits per heavy atom. The van der Waals surface area contributed by atoms with Gasteiger partial charge in [-0.3, -0.25) is 4.79 Å². The number of hydrogen-bond acceptors (Lipinski definition) is 4. The molecule has 1 aliphatic rings. The van der Waals surface area contributed by atoms with Crippen molar-refractivity contribution in [1.82, 2.24) is 0 Å². The molecule has 1 saturated heterocycles. The van der Waals surface area contributed by atoms with E-state index in [1.54, 1.807) is 30.9 Å². The molecule has 1 fully saturated rings. The van der Waals surface area contributed by atoms with Gasteiger partial charge < -0.3 is 14.4 Å². The van der Waals surface area contributed by atoms with Crippen molar-refractivity contribution in [1.29, 1.82) is 0 Å². The first-order chi connectivity index (χ1) is 12.2. The van der Waals surface area contributed by atoms with Crippen LogP contribution in [0.5, 0.6) is 0 Å². The minimum atomic E-state index is -2.66. The van der Waals surface area contributed by atoms with Gasteiger partial charge >= 0.3 is 0 Å². The molecule has 4 nitrogen and oxygen atoms in total. The molecule has 1 unspecified atom stereocenters. The molecule has 1 aliphatic heterocycles. The average molecular weight is 367 g/mol. The second-order valence-electron chi connectivity index (χ2n) is 6.61. The first kappa shape index (κ1) is 20.4. The van der Waals surface area contributed by atoms with Crippen molar-refractivity contribution in [3.63, 3.8) is 0 Å². The van der Waals surface area contributed by atoms with E-state index in [9.17, 15) is 18.7 Å². The van der Waals surface area contributed by atoms with Gasteiger partial charge in [0.1, 0.15) is 5.58 Å². The van der Waals surface area contributed by atoms with Crippen LogP contribution < -0.4 is 10.3 Å². The Kier molecular flexibility index (Phi) is 6.06. The highest BCUT2D eigenvalue weighted by Crippen LogP contribution is 2.34. The molecule has 1 N–H and O–H groups in total.